The van der Waals surface area contributed by atoms with Gasteiger partial charge < -0.3 is 5.11 Å². The highest BCUT2D eigenvalue weighted by atomic mass is 32.2. The molecule has 0 aliphatic carbocycles. The van der Waals surface area contributed by atoms with Crippen LogP contribution < -0.4 is 0 Å². The van der Waals surface area contributed by atoms with Crippen LogP contribution >= 0.6 is 11.8 Å². The first-order valence-corrected chi connectivity index (χ1v) is 5.04. The quantitative estimate of drug-likeness (QED) is 0.638. The molecule has 0 aromatic heterocycles. The van der Waals surface area contributed by atoms with Crippen molar-refractivity contribution in [2.45, 2.75) is 24.8 Å². The van der Waals surface area contributed by atoms with Gasteiger partial charge in [-0.2, -0.15) is 5.26 Å². The van der Waals surface area contributed by atoms with Gasteiger partial charge in [0.05, 0.1) is 6.07 Å². The number of benzene rings is 1. The lowest BCUT2D eigenvalue weighted by molar-refractivity contribution is 0.146. The van der Waals surface area contributed by atoms with Crippen LogP contribution in [0.5, 0.6) is 0 Å². The van der Waals surface area contributed by atoms with Crippen LogP contribution in [-0.4, -0.2) is 16.5 Å². The molecule has 1 atom stereocenters. The van der Waals surface area contributed by atoms with Crippen LogP contribution in [0.1, 0.15) is 14.4 Å². The van der Waals surface area contributed by atoms with E-state index in [0.717, 1.165) is 4.90 Å². The van der Waals surface area contributed by atoms with E-state index in [1.54, 1.807) is 18.2 Å². The maximum Gasteiger partial charge on any atom is 0.157 e. The second kappa shape index (κ2) is 5.74. The zero-order valence-electron chi connectivity index (χ0n) is 7.70. The van der Waals surface area contributed by atoms with Gasteiger partial charge in [-0.25, -0.2) is 4.39 Å². The van der Waals surface area contributed by atoms with Crippen LogP contribution in [0.2, 0.25) is 0 Å². The molecule has 0 bridgehead atoms. The third-order valence-electron chi connectivity index (χ3n) is 1.57. The van der Waals surface area contributed by atoms with Gasteiger partial charge in [-0.3, -0.25) is 0 Å². The Morgan fingerprint density at radius 1 is 1.47 bits per heavy atom. The Morgan fingerprint density at radius 3 is 2.47 bits per heavy atom. The van der Waals surface area contributed by atoms with Gasteiger partial charge in [-0.05, 0) is 31.2 Å². The highest BCUT2D eigenvalue weighted by Gasteiger charge is 2.18. The molecule has 1 rings (SSSR count). The lowest BCUT2D eigenvalue weighted by Crippen LogP contribution is -2.24. The molecule has 1 N–H and O–H groups in total. The van der Waals surface area contributed by atoms with Crippen molar-refractivity contribution in [2.75, 3.05) is 5.75 Å². The molecule has 1 aromatic rings. The molecule has 0 saturated heterocycles. The van der Waals surface area contributed by atoms with E-state index in [-0.39, 0.29) is 19.0 Å². The van der Waals surface area contributed by atoms with Crippen LogP contribution in [0.3, 0.4) is 0 Å². The average Bonchev–Trinajstić information content (AvgIpc) is 2.17. The van der Waals surface area contributed by atoms with Gasteiger partial charge in [0.15, 0.2) is 5.60 Å². The molecule has 0 heterocycles. The van der Waals surface area contributed by atoms with Crippen molar-refractivity contribution in [1.82, 2.24) is 0 Å². The zero-order valence-corrected chi connectivity index (χ0v) is 8.51. The van der Waals surface area contributed by atoms with Crippen molar-refractivity contribution < 1.29 is 9.50 Å². The SMILES string of the molecule is C.CC(O)(C#N)CSc1ccc(F)cc1. The molecule has 0 fully saturated rings. The van der Waals surface area contributed by atoms with E-state index >= 15 is 0 Å². The summed E-state index contributed by atoms with van der Waals surface area (Å²) in [5.74, 6) is -0.0174. The Hall–Kier alpha value is -1.05. The fraction of sp³-hybridized carbons (Fsp3) is 0.364. The number of halogens is 1. The first kappa shape index (κ1) is 13.9. The molecular formula is C11H14FNOS. The Kier molecular flexibility index (Phi) is 5.34. The minimum atomic E-state index is -1.33. The summed E-state index contributed by atoms with van der Waals surface area (Å²) in [6.45, 7) is 1.45. The number of nitrogens with zero attached hydrogens (tertiary/aromatic N) is 1. The Labute approximate surface area is 93.7 Å². The summed E-state index contributed by atoms with van der Waals surface area (Å²) in [7, 11) is 0. The topological polar surface area (TPSA) is 44.0 Å². The molecule has 0 aliphatic heterocycles. The normalized spacial score (nSPS) is 13.5. The van der Waals surface area contributed by atoms with E-state index in [9.17, 15) is 9.50 Å². The molecular weight excluding hydrogens is 213 g/mol. The van der Waals surface area contributed by atoms with E-state index < -0.39 is 5.60 Å². The summed E-state index contributed by atoms with van der Waals surface area (Å²) < 4.78 is 12.5. The molecule has 0 saturated carbocycles. The number of nitriles is 1. The highest BCUT2D eigenvalue weighted by Crippen LogP contribution is 2.22. The maximum absolute atomic E-state index is 12.5. The lowest BCUT2D eigenvalue weighted by Gasteiger charge is -2.12. The Morgan fingerprint density at radius 2 is 2.00 bits per heavy atom. The van der Waals surface area contributed by atoms with E-state index in [0.29, 0.717) is 0 Å². The van der Waals surface area contributed by atoms with Gasteiger partial charge >= 0.3 is 0 Å². The second-order valence-electron chi connectivity index (χ2n) is 3.13. The first-order valence-electron chi connectivity index (χ1n) is 4.05. The number of hydrogen-bond donors (Lipinski definition) is 1. The van der Waals surface area contributed by atoms with E-state index in [1.165, 1.54) is 30.8 Å². The van der Waals surface area contributed by atoms with Gasteiger partial charge in [0.1, 0.15) is 5.82 Å². The van der Waals surface area contributed by atoms with Gasteiger partial charge in [0, 0.05) is 10.6 Å². The lowest BCUT2D eigenvalue weighted by atomic mass is 10.2. The number of aliphatic hydroxyl groups is 1. The summed E-state index contributed by atoms with van der Waals surface area (Å²) >= 11 is 1.32. The molecule has 1 aromatic carbocycles. The summed E-state index contributed by atoms with van der Waals surface area (Å²) in [5, 5.41) is 17.9. The van der Waals surface area contributed by atoms with Crippen molar-refractivity contribution in [2.24, 2.45) is 0 Å². The molecule has 82 valence electrons. The molecule has 15 heavy (non-hydrogen) atoms. The zero-order chi connectivity index (χ0) is 10.6. The minimum absolute atomic E-state index is 0. The van der Waals surface area contributed by atoms with E-state index in [1.807, 2.05) is 0 Å². The number of thioether (sulfide) groups is 1. The molecule has 2 nitrogen and oxygen atoms in total. The second-order valence-corrected chi connectivity index (χ2v) is 4.18. The summed E-state index contributed by atoms with van der Waals surface area (Å²) in [4.78, 5) is 0.835. The van der Waals surface area contributed by atoms with Crippen molar-refractivity contribution in [1.29, 1.82) is 5.26 Å². The summed E-state index contributed by atoms with van der Waals surface area (Å²) in [5.41, 5.74) is -1.33. The van der Waals surface area contributed by atoms with E-state index in [2.05, 4.69) is 0 Å². The third-order valence-corrected chi connectivity index (χ3v) is 2.89. The van der Waals surface area contributed by atoms with Crippen molar-refractivity contribution in [3.63, 3.8) is 0 Å². The first-order chi connectivity index (χ1) is 6.53. The fourth-order valence-corrected chi connectivity index (χ4v) is 1.63. The van der Waals surface area contributed by atoms with Crippen LogP contribution in [0.4, 0.5) is 4.39 Å². The minimum Gasteiger partial charge on any atom is -0.375 e. The number of hydrogen-bond acceptors (Lipinski definition) is 3. The predicted molar refractivity (Wildman–Crippen MR) is 60.1 cm³/mol. The summed E-state index contributed by atoms with van der Waals surface area (Å²) in [6.07, 6.45) is 0. The molecule has 0 aliphatic rings. The predicted octanol–water partition coefficient (Wildman–Crippen LogP) is 2.83. The van der Waals surface area contributed by atoms with Crippen molar-refractivity contribution in [3.05, 3.63) is 30.1 Å². The largest absolute Gasteiger partial charge is 0.375 e. The monoisotopic (exact) mass is 227 g/mol. The van der Waals surface area contributed by atoms with Gasteiger partial charge in [0.25, 0.3) is 0 Å². The molecule has 0 amide bonds. The van der Waals surface area contributed by atoms with Gasteiger partial charge in [0.2, 0.25) is 0 Å². The van der Waals surface area contributed by atoms with Crippen LogP contribution in [-0.2, 0) is 0 Å². The molecule has 0 spiro atoms. The standard InChI is InChI=1S/C10H10FNOS.CH4/c1-10(13,6-12)7-14-9-4-2-8(11)3-5-9;/h2-5,13H,7H2,1H3;1H4. The smallest absolute Gasteiger partial charge is 0.157 e. The Balaban J connectivity index is 0.00000196. The van der Waals surface area contributed by atoms with Gasteiger partial charge in [-0.1, -0.05) is 7.43 Å². The van der Waals surface area contributed by atoms with Crippen LogP contribution in [0.15, 0.2) is 29.2 Å². The van der Waals surface area contributed by atoms with Gasteiger partial charge in [-0.15, -0.1) is 11.8 Å². The maximum atomic E-state index is 12.5. The molecule has 4 heteroatoms. The van der Waals surface area contributed by atoms with Crippen LogP contribution in [0.25, 0.3) is 0 Å². The third kappa shape index (κ3) is 4.82. The fourth-order valence-electron chi connectivity index (χ4n) is 0.787. The molecule has 1 unspecified atom stereocenters. The number of rotatable bonds is 3. The Bertz CT molecular complexity index is 343. The van der Waals surface area contributed by atoms with Crippen molar-refractivity contribution >= 4 is 11.8 Å². The van der Waals surface area contributed by atoms with Crippen LogP contribution in [0, 0.1) is 17.1 Å². The summed E-state index contributed by atoms with van der Waals surface area (Å²) in [6, 6.07) is 7.72. The highest BCUT2D eigenvalue weighted by molar-refractivity contribution is 7.99. The van der Waals surface area contributed by atoms with Crippen molar-refractivity contribution in [3.8, 4) is 6.07 Å². The average molecular weight is 227 g/mol. The molecule has 0 radical (unpaired) electrons. The van der Waals surface area contributed by atoms with E-state index in [4.69, 9.17) is 5.26 Å².